The molecule has 0 radical (unpaired) electrons. The van der Waals surface area contributed by atoms with E-state index in [0.717, 1.165) is 28.2 Å². The molecule has 0 unspecified atom stereocenters. The first-order valence-electron chi connectivity index (χ1n) is 9.72. The molecule has 0 atom stereocenters. The molecule has 6 heteroatoms. The fraction of sp³-hybridized carbons (Fsp3) is 0.364. The van der Waals surface area contributed by atoms with Crippen LogP contribution in [-0.2, 0) is 9.59 Å². The van der Waals surface area contributed by atoms with Crippen molar-refractivity contribution in [2.24, 2.45) is 5.92 Å². The average molecular weight is 415 g/mol. The van der Waals surface area contributed by atoms with Crippen LogP contribution in [-0.4, -0.2) is 47.8 Å². The number of amides is 2. The van der Waals surface area contributed by atoms with Crippen LogP contribution in [0.1, 0.15) is 24.1 Å². The molecular formula is C22H23ClN2O2S. The van der Waals surface area contributed by atoms with E-state index in [2.05, 4.69) is 0 Å². The van der Waals surface area contributed by atoms with Gasteiger partial charge in [-0.05, 0) is 48.7 Å². The first-order valence-corrected chi connectivity index (χ1v) is 10.9. The second kappa shape index (κ2) is 8.50. The maximum absolute atomic E-state index is 12.5. The van der Waals surface area contributed by atoms with Crippen LogP contribution in [0.25, 0.3) is 16.5 Å². The van der Waals surface area contributed by atoms with Crippen LogP contribution in [0, 0.1) is 5.92 Å². The fourth-order valence-corrected chi connectivity index (χ4v) is 4.66. The number of halogens is 1. The van der Waals surface area contributed by atoms with Crippen molar-refractivity contribution in [1.29, 1.82) is 0 Å². The number of nitrogens with zero attached hydrogens (tertiary/aromatic N) is 2. The van der Waals surface area contributed by atoms with Crippen LogP contribution in [0.3, 0.4) is 0 Å². The van der Waals surface area contributed by atoms with E-state index in [4.69, 9.17) is 11.6 Å². The quantitative estimate of drug-likeness (QED) is 0.688. The lowest BCUT2D eigenvalue weighted by Crippen LogP contribution is -2.52. The number of carbonyl (C=O) groups excluding carboxylic acids is 2. The predicted molar refractivity (Wildman–Crippen MR) is 114 cm³/mol. The first-order chi connectivity index (χ1) is 13.6. The minimum Gasteiger partial charge on any atom is -0.339 e. The molecule has 1 saturated heterocycles. The zero-order valence-electron chi connectivity index (χ0n) is 15.6. The van der Waals surface area contributed by atoms with Gasteiger partial charge in [-0.15, -0.1) is 11.3 Å². The van der Waals surface area contributed by atoms with Crippen molar-refractivity contribution < 1.29 is 9.59 Å². The average Bonchev–Trinajstić information content (AvgIpc) is 3.14. The molecule has 2 aromatic rings. The molecule has 1 aromatic heterocycles. The minimum atomic E-state index is 0.00782. The monoisotopic (exact) mass is 414 g/mol. The van der Waals surface area contributed by atoms with Crippen LogP contribution in [0.2, 0.25) is 5.02 Å². The highest BCUT2D eigenvalue weighted by Gasteiger charge is 2.31. The zero-order chi connectivity index (χ0) is 19.5. The molecule has 1 aliphatic carbocycles. The van der Waals surface area contributed by atoms with E-state index in [1.807, 2.05) is 52.3 Å². The third kappa shape index (κ3) is 4.31. The Morgan fingerprint density at radius 3 is 2.46 bits per heavy atom. The molecule has 4 nitrogen and oxygen atoms in total. The Morgan fingerprint density at radius 2 is 1.79 bits per heavy atom. The van der Waals surface area contributed by atoms with Gasteiger partial charge in [-0.25, -0.2) is 0 Å². The molecule has 2 aliphatic rings. The molecule has 1 aliphatic heterocycles. The molecule has 1 aromatic carbocycles. The van der Waals surface area contributed by atoms with Crippen LogP contribution in [0.4, 0.5) is 0 Å². The molecule has 0 spiro atoms. The van der Waals surface area contributed by atoms with Gasteiger partial charge in [0.2, 0.25) is 11.8 Å². The van der Waals surface area contributed by atoms with Gasteiger partial charge in [-0.1, -0.05) is 30.2 Å². The Labute approximate surface area is 174 Å². The second-order valence-electron chi connectivity index (χ2n) is 7.32. The van der Waals surface area contributed by atoms with Gasteiger partial charge in [-0.3, -0.25) is 9.59 Å². The van der Waals surface area contributed by atoms with E-state index in [9.17, 15) is 9.59 Å². The Kier molecular flexibility index (Phi) is 5.83. The largest absolute Gasteiger partial charge is 0.339 e. The van der Waals surface area contributed by atoms with Crippen molar-refractivity contribution in [3.8, 4) is 10.4 Å². The standard InChI is InChI=1S/C22H23ClN2O2S/c23-18-6-2-5-17(15-18)20-9-7-19(28-20)8-10-21(26)24-11-13-25(14-12-24)22(27)16-3-1-4-16/h2,5-10,15-16H,1,3-4,11-14H2/b10-8+. The lowest BCUT2D eigenvalue weighted by molar-refractivity contribution is -0.142. The summed E-state index contributed by atoms with van der Waals surface area (Å²) >= 11 is 7.70. The summed E-state index contributed by atoms with van der Waals surface area (Å²) in [6, 6.07) is 11.8. The van der Waals surface area contributed by atoms with Gasteiger partial charge in [0.15, 0.2) is 0 Å². The van der Waals surface area contributed by atoms with E-state index in [1.165, 1.54) is 6.42 Å². The highest BCUT2D eigenvalue weighted by Crippen LogP contribution is 2.30. The fourth-order valence-electron chi connectivity index (χ4n) is 3.56. The lowest BCUT2D eigenvalue weighted by atomic mass is 9.84. The summed E-state index contributed by atoms with van der Waals surface area (Å²) in [4.78, 5) is 30.7. The Hall–Kier alpha value is -2.11. The third-order valence-corrected chi connectivity index (χ3v) is 6.82. The number of carbonyl (C=O) groups is 2. The number of hydrogen-bond acceptors (Lipinski definition) is 3. The van der Waals surface area contributed by atoms with E-state index >= 15 is 0 Å². The Bertz CT molecular complexity index is 895. The van der Waals surface area contributed by atoms with Gasteiger partial charge in [0, 0.05) is 52.9 Å². The zero-order valence-corrected chi connectivity index (χ0v) is 17.2. The number of hydrogen-bond donors (Lipinski definition) is 0. The maximum atomic E-state index is 12.5. The summed E-state index contributed by atoms with van der Waals surface area (Å²) in [5.74, 6) is 0.518. The summed E-state index contributed by atoms with van der Waals surface area (Å²) in [6.45, 7) is 2.51. The molecule has 2 fully saturated rings. The second-order valence-corrected chi connectivity index (χ2v) is 8.88. The lowest BCUT2D eigenvalue weighted by Gasteiger charge is -2.37. The third-order valence-electron chi connectivity index (χ3n) is 5.48. The molecule has 1 saturated carbocycles. The van der Waals surface area contributed by atoms with Crippen LogP contribution < -0.4 is 0 Å². The maximum Gasteiger partial charge on any atom is 0.246 e. The molecule has 4 rings (SSSR count). The van der Waals surface area contributed by atoms with Gasteiger partial charge < -0.3 is 9.80 Å². The van der Waals surface area contributed by atoms with Crippen LogP contribution in [0.5, 0.6) is 0 Å². The number of rotatable bonds is 4. The smallest absolute Gasteiger partial charge is 0.246 e. The highest BCUT2D eigenvalue weighted by molar-refractivity contribution is 7.16. The molecule has 2 heterocycles. The van der Waals surface area contributed by atoms with E-state index in [-0.39, 0.29) is 17.7 Å². The number of benzene rings is 1. The topological polar surface area (TPSA) is 40.6 Å². The number of piperazine rings is 1. The normalized spacial score (nSPS) is 17.8. The van der Waals surface area contributed by atoms with E-state index < -0.39 is 0 Å². The van der Waals surface area contributed by atoms with Crippen molar-refractivity contribution in [2.75, 3.05) is 26.2 Å². The van der Waals surface area contributed by atoms with Gasteiger partial charge in [0.25, 0.3) is 0 Å². The van der Waals surface area contributed by atoms with E-state index in [1.54, 1.807) is 17.4 Å². The summed E-state index contributed by atoms with van der Waals surface area (Å²) in [5.41, 5.74) is 1.08. The molecular weight excluding hydrogens is 392 g/mol. The summed E-state index contributed by atoms with van der Waals surface area (Å²) in [7, 11) is 0. The van der Waals surface area contributed by atoms with E-state index in [0.29, 0.717) is 31.2 Å². The molecule has 0 N–H and O–H groups in total. The molecule has 0 bridgehead atoms. The SMILES string of the molecule is O=C(/C=C/c1ccc(-c2cccc(Cl)c2)s1)N1CCN(C(=O)C2CCC2)CC1. The van der Waals surface area contributed by atoms with Crippen LogP contribution in [0.15, 0.2) is 42.5 Å². The highest BCUT2D eigenvalue weighted by atomic mass is 35.5. The van der Waals surface area contributed by atoms with Crippen molar-refractivity contribution in [2.45, 2.75) is 19.3 Å². The Balaban J connectivity index is 1.32. The van der Waals surface area contributed by atoms with Gasteiger partial charge in [0.1, 0.15) is 0 Å². The Morgan fingerprint density at radius 1 is 1.04 bits per heavy atom. The molecule has 28 heavy (non-hydrogen) atoms. The van der Waals surface area contributed by atoms with Gasteiger partial charge in [0.05, 0.1) is 0 Å². The minimum absolute atomic E-state index is 0.00782. The molecule has 2 amide bonds. The van der Waals surface area contributed by atoms with Crippen molar-refractivity contribution in [3.05, 3.63) is 52.4 Å². The molecule has 146 valence electrons. The van der Waals surface area contributed by atoms with Crippen LogP contribution >= 0.6 is 22.9 Å². The van der Waals surface area contributed by atoms with Gasteiger partial charge in [-0.2, -0.15) is 0 Å². The van der Waals surface area contributed by atoms with Crippen molar-refractivity contribution in [3.63, 3.8) is 0 Å². The summed E-state index contributed by atoms with van der Waals surface area (Å²) in [6.07, 6.45) is 6.72. The number of thiophene rings is 1. The predicted octanol–water partition coefficient (Wildman–Crippen LogP) is 4.55. The summed E-state index contributed by atoms with van der Waals surface area (Å²) in [5, 5.41) is 0.716. The summed E-state index contributed by atoms with van der Waals surface area (Å²) < 4.78 is 0. The van der Waals surface area contributed by atoms with Crippen molar-refractivity contribution in [1.82, 2.24) is 9.80 Å². The first kappa shape index (κ1) is 19.2. The van der Waals surface area contributed by atoms with Crippen molar-refractivity contribution >= 4 is 40.8 Å². The van der Waals surface area contributed by atoms with Gasteiger partial charge >= 0.3 is 0 Å².